The molecule has 0 saturated heterocycles. The number of carboxylic acid groups (broad SMARTS) is 1. The summed E-state index contributed by atoms with van der Waals surface area (Å²) >= 11 is 0. The first kappa shape index (κ1) is 30.8. The fourth-order valence-corrected chi connectivity index (χ4v) is 5.16. The molecule has 0 radical (unpaired) electrons. The van der Waals surface area contributed by atoms with Crippen LogP contribution in [0.25, 0.3) is 11.4 Å². The van der Waals surface area contributed by atoms with Gasteiger partial charge in [0.25, 0.3) is 0 Å². The van der Waals surface area contributed by atoms with Crippen LogP contribution in [-0.4, -0.2) is 74.7 Å². The number of benzene rings is 1. The van der Waals surface area contributed by atoms with E-state index in [0.717, 1.165) is 68.5 Å². The van der Waals surface area contributed by atoms with Crippen molar-refractivity contribution in [3.63, 3.8) is 0 Å². The maximum absolute atomic E-state index is 13.5. The van der Waals surface area contributed by atoms with Gasteiger partial charge in [0.2, 0.25) is 0 Å². The van der Waals surface area contributed by atoms with E-state index in [1.54, 1.807) is 12.3 Å². The van der Waals surface area contributed by atoms with E-state index in [2.05, 4.69) is 42.6 Å². The maximum Gasteiger partial charge on any atom is 0.326 e. The Morgan fingerprint density at radius 3 is 2.80 bits per heavy atom. The Morgan fingerprint density at radius 1 is 1.07 bits per heavy atom. The third-order valence-corrected chi connectivity index (χ3v) is 7.51. The molecule has 1 aliphatic rings. The number of aryl methyl sites for hydroxylation is 2. The lowest BCUT2D eigenvalue weighted by molar-refractivity contribution is -0.138. The van der Waals surface area contributed by atoms with Gasteiger partial charge in [0.1, 0.15) is 35.9 Å². The molecule has 3 aromatic heterocycles. The summed E-state index contributed by atoms with van der Waals surface area (Å²) in [7, 11) is 0. The number of aliphatic carboxylic acids is 1. The first-order valence-electron chi connectivity index (χ1n) is 15.1. The van der Waals surface area contributed by atoms with Gasteiger partial charge in [-0.25, -0.2) is 24.1 Å². The minimum absolute atomic E-state index is 0.320. The molecule has 4 aromatic rings. The number of fused-ring (bicyclic) bond motifs is 1. The van der Waals surface area contributed by atoms with Gasteiger partial charge < -0.3 is 20.5 Å². The molecule has 0 amide bonds. The monoisotopic (exact) mass is 599 g/mol. The Bertz CT molecular complexity index is 1510. The fourth-order valence-electron chi connectivity index (χ4n) is 5.16. The standard InChI is InChI=1S/C33H38FN7O3/c34-26-21-28(23-35-22-26)44-20-19-41(17-5-4-10-27-12-11-25-9-6-15-36-31(25)38-27)18-14-29(33(42)43)39-30-13-16-37-32(40-30)24-7-2-1-3-8-24/h1-3,7-8,11-13,16,21-23,29H,4-6,9-10,14-15,17-20H2,(H,36,38)(H,42,43)(H,37,39,40). The number of pyridine rings is 2. The Morgan fingerprint density at radius 2 is 1.95 bits per heavy atom. The van der Waals surface area contributed by atoms with Crippen molar-refractivity contribution in [3.05, 3.63) is 90.3 Å². The third kappa shape index (κ3) is 9.18. The second-order valence-electron chi connectivity index (χ2n) is 10.8. The van der Waals surface area contributed by atoms with Crippen LogP contribution in [-0.2, 0) is 17.6 Å². The summed E-state index contributed by atoms with van der Waals surface area (Å²) in [5, 5.41) is 16.5. The molecule has 230 valence electrons. The summed E-state index contributed by atoms with van der Waals surface area (Å²) < 4.78 is 19.3. The lowest BCUT2D eigenvalue weighted by atomic mass is 10.1. The van der Waals surface area contributed by atoms with E-state index >= 15 is 0 Å². The fraction of sp³-hybridized carbons (Fsp3) is 0.364. The van der Waals surface area contributed by atoms with Crippen molar-refractivity contribution < 1.29 is 19.0 Å². The van der Waals surface area contributed by atoms with Crippen LogP contribution in [0.4, 0.5) is 16.0 Å². The molecule has 0 saturated carbocycles. The van der Waals surface area contributed by atoms with Gasteiger partial charge in [0.15, 0.2) is 5.82 Å². The van der Waals surface area contributed by atoms with Crippen LogP contribution in [0.3, 0.4) is 0 Å². The summed E-state index contributed by atoms with van der Waals surface area (Å²) in [4.78, 5) is 31.9. The molecule has 1 aromatic carbocycles. The van der Waals surface area contributed by atoms with Crippen LogP contribution >= 0.6 is 0 Å². The highest BCUT2D eigenvalue weighted by molar-refractivity contribution is 5.77. The quantitative estimate of drug-likeness (QED) is 0.150. The van der Waals surface area contributed by atoms with Gasteiger partial charge in [-0.05, 0) is 62.8 Å². The average molecular weight is 600 g/mol. The minimum Gasteiger partial charge on any atom is -0.491 e. The van der Waals surface area contributed by atoms with Gasteiger partial charge in [-0.15, -0.1) is 0 Å². The molecule has 1 aliphatic heterocycles. The third-order valence-electron chi connectivity index (χ3n) is 7.51. The number of rotatable bonds is 16. The first-order chi connectivity index (χ1) is 21.5. The van der Waals surface area contributed by atoms with Crippen molar-refractivity contribution in [2.24, 2.45) is 0 Å². The molecule has 0 spiro atoms. The number of aromatic nitrogens is 4. The molecule has 1 atom stereocenters. The first-order valence-corrected chi connectivity index (χ1v) is 15.1. The second kappa shape index (κ2) is 15.7. The molecule has 0 aliphatic carbocycles. The van der Waals surface area contributed by atoms with Crippen molar-refractivity contribution in [1.82, 2.24) is 24.8 Å². The minimum atomic E-state index is -0.959. The molecule has 4 heterocycles. The summed E-state index contributed by atoms with van der Waals surface area (Å²) in [5.74, 6) is 0.924. The molecule has 11 heteroatoms. The zero-order valence-corrected chi connectivity index (χ0v) is 24.7. The molecule has 10 nitrogen and oxygen atoms in total. The number of nitrogens with one attached hydrogen (secondary N) is 2. The number of halogens is 1. The second-order valence-corrected chi connectivity index (χ2v) is 10.8. The van der Waals surface area contributed by atoms with E-state index in [0.29, 0.717) is 43.5 Å². The smallest absolute Gasteiger partial charge is 0.326 e. The van der Waals surface area contributed by atoms with E-state index in [1.165, 1.54) is 17.8 Å². The number of unbranched alkanes of at least 4 members (excludes halogenated alkanes) is 1. The van der Waals surface area contributed by atoms with Gasteiger partial charge in [-0.3, -0.25) is 9.88 Å². The normalized spacial score (nSPS) is 13.1. The number of ether oxygens (including phenoxy) is 1. The van der Waals surface area contributed by atoms with Crippen LogP contribution in [0, 0.1) is 5.82 Å². The molecular weight excluding hydrogens is 561 g/mol. The van der Waals surface area contributed by atoms with E-state index in [4.69, 9.17) is 9.72 Å². The SMILES string of the molecule is O=C(O)C(CCN(CCCCc1ccc2c(n1)NCCC2)CCOc1cncc(F)c1)Nc1ccnc(-c2ccccc2)n1. The van der Waals surface area contributed by atoms with Crippen LogP contribution in [0.5, 0.6) is 5.75 Å². The molecule has 0 fully saturated rings. The van der Waals surface area contributed by atoms with Crippen molar-refractivity contribution in [2.45, 2.75) is 44.6 Å². The van der Waals surface area contributed by atoms with Crippen molar-refractivity contribution in [3.8, 4) is 17.1 Å². The van der Waals surface area contributed by atoms with Crippen molar-refractivity contribution in [1.29, 1.82) is 0 Å². The van der Waals surface area contributed by atoms with E-state index in [9.17, 15) is 14.3 Å². The van der Waals surface area contributed by atoms with E-state index < -0.39 is 17.8 Å². The van der Waals surface area contributed by atoms with Gasteiger partial charge in [-0.1, -0.05) is 36.4 Å². The highest BCUT2D eigenvalue weighted by atomic mass is 19.1. The molecule has 3 N–H and O–H groups in total. The topological polar surface area (TPSA) is 125 Å². The van der Waals surface area contributed by atoms with Gasteiger partial charge in [-0.2, -0.15) is 0 Å². The highest BCUT2D eigenvalue weighted by Crippen LogP contribution is 2.21. The Hall–Kier alpha value is -4.64. The van der Waals surface area contributed by atoms with Crippen LogP contribution in [0.15, 0.2) is 73.2 Å². The predicted octanol–water partition coefficient (Wildman–Crippen LogP) is 5.09. The number of hydrogen-bond donors (Lipinski definition) is 3. The lowest BCUT2D eigenvalue weighted by Crippen LogP contribution is -2.37. The molecule has 44 heavy (non-hydrogen) atoms. The largest absolute Gasteiger partial charge is 0.491 e. The number of anilines is 2. The summed E-state index contributed by atoms with van der Waals surface area (Å²) in [5.41, 5.74) is 3.20. The van der Waals surface area contributed by atoms with E-state index in [-0.39, 0.29) is 0 Å². The van der Waals surface area contributed by atoms with Crippen LogP contribution in [0.1, 0.15) is 36.9 Å². The van der Waals surface area contributed by atoms with Crippen molar-refractivity contribution in [2.75, 3.05) is 43.4 Å². The number of hydrogen-bond acceptors (Lipinski definition) is 9. The zero-order valence-electron chi connectivity index (χ0n) is 24.7. The summed E-state index contributed by atoms with van der Waals surface area (Å²) in [6, 6.07) is 16.0. The summed E-state index contributed by atoms with van der Waals surface area (Å²) in [6.45, 7) is 3.11. The molecule has 0 bridgehead atoms. The highest BCUT2D eigenvalue weighted by Gasteiger charge is 2.20. The molecule has 5 rings (SSSR count). The zero-order chi connectivity index (χ0) is 30.6. The molecular formula is C33H38FN7O3. The predicted molar refractivity (Wildman–Crippen MR) is 167 cm³/mol. The number of carboxylic acids is 1. The molecule has 1 unspecified atom stereocenters. The Labute approximate surface area is 256 Å². The van der Waals surface area contributed by atoms with Gasteiger partial charge in [0, 0.05) is 43.2 Å². The maximum atomic E-state index is 13.5. The van der Waals surface area contributed by atoms with Crippen LogP contribution in [0.2, 0.25) is 0 Å². The summed E-state index contributed by atoms with van der Waals surface area (Å²) in [6.07, 6.45) is 9.49. The lowest BCUT2D eigenvalue weighted by Gasteiger charge is -2.24. The Balaban J connectivity index is 1.17. The van der Waals surface area contributed by atoms with Gasteiger partial charge >= 0.3 is 5.97 Å². The van der Waals surface area contributed by atoms with Crippen molar-refractivity contribution >= 4 is 17.6 Å². The van der Waals surface area contributed by atoms with E-state index in [1.807, 2.05) is 30.3 Å². The van der Waals surface area contributed by atoms with Crippen LogP contribution < -0.4 is 15.4 Å². The van der Waals surface area contributed by atoms with Gasteiger partial charge in [0.05, 0.1) is 12.4 Å². The average Bonchev–Trinajstić information content (AvgIpc) is 3.05. The Kier molecular flexibility index (Phi) is 11.0. The number of nitrogens with zero attached hydrogens (tertiary/aromatic N) is 5. The number of carbonyl (C=O) groups is 1.